The van der Waals surface area contributed by atoms with Crippen LogP contribution in [0, 0.1) is 0 Å². The molecule has 0 bridgehead atoms. The number of hydrogen-bond acceptors (Lipinski definition) is 20. The largest absolute Gasteiger partial charge is 0.391 e. The Morgan fingerprint density at radius 3 is 1.08 bits per heavy atom. The molecule has 0 radical (unpaired) electrons. The van der Waals surface area contributed by atoms with Crippen molar-refractivity contribution in [1.82, 2.24) is 52.8 Å². The minimum Gasteiger partial charge on any atom is -0.391 e. The van der Waals surface area contributed by atoms with Gasteiger partial charge < -0.3 is 138 Å². The van der Waals surface area contributed by atoms with E-state index < -0.39 is 138 Å². The summed E-state index contributed by atoms with van der Waals surface area (Å²) in [4.78, 5) is 176. The minimum atomic E-state index is -1.67. The molecule has 0 unspecified atom stereocenters. The summed E-state index contributed by atoms with van der Waals surface area (Å²) in [5, 5.41) is 34.3. The third-order valence-corrected chi connectivity index (χ3v) is 16.4. The molecular formula is C59H113N29O12. The number of aliphatic hydroxyl groups excluding tert-OH is 1. The summed E-state index contributed by atoms with van der Waals surface area (Å²) in [6.07, 6.45) is 1.92. The number of nitrogens with two attached hydrogens (primary N) is 14. The zero-order valence-electron chi connectivity index (χ0n) is 57.4. The van der Waals surface area contributed by atoms with Crippen molar-refractivity contribution in [1.29, 1.82) is 0 Å². The maximum Gasteiger partial charge on any atom is 0.246 e. The zero-order chi connectivity index (χ0) is 74.9. The van der Waals surface area contributed by atoms with Gasteiger partial charge in [-0.05, 0) is 148 Å². The molecule has 0 spiro atoms. The molecule has 0 aromatic rings. The van der Waals surface area contributed by atoms with Crippen LogP contribution in [0.25, 0.3) is 0 Å². The predicted molar refractivity (Wildman–Crippen MR) is 375 cm³/mol. The summed E-state index contributed by atoms with van der Waals surface area (Å²) >= 11 is 0. The highest BCUT2D eigenvalue weighted by atomic mass is 16.3. The lowest BCUT2D eigenvalue weighted by Crippen LogP contribution is -2.64. The normalized spacial score (nSPS) is 16.4. The fraction of sp³-hybridized carbons (Fsp3) is 0.729. The van der Waals surface area contributed by atoms with E-state index in [9.17, 15) is 57.8 Å². The highest BCUT2D eigenvalue weighted by molar-refractivity contribution is 6.00. The van der Waals surface area contributed by atoms with Crippen LogP contribution >= 0.6 is 0 Å². The van der Waals surface area contributed by atoms with E-state index in [1.54, 1.807) is 0 Å². The average Bonchev–Trinajstić information content (AvgIpc) is 1.58. The highest BCUT2D eigenvalue weighted by Crippen LogP contribution is 2.31. The van der Waals surface area contributed by atoms with Crippen molar-refractivity contribution < 1.29 is 57.8 Å². The Hall–Kier alpha value is -9.64. The molecule has 38 N–H and O–H groups in total. The van der Waals surface area contributed by atoms with Gasteiger partial charge in [0.15, 0.2) is 29.8 Å². The molecule has 10 atom stereocenters. The van der Waals surface area contributed by atoms with Crippen LogP contribution in [-0.2, 0) is 52.7 Å². The van der Waals surface area contributed by atoms with Crippen LogP contribution in [0.2, 0.25) is 0 Å². The molecular weight excluding hydrogens is 1310 g/mol. The van der Waals surface area contributed by atoms with Crippen molar-refractivity contribution >= 4 is 94.8 Å². The Morgan fingerprint density at radius 1 is 0.440 bits per heavy atom. The maximum absolute atomic E-state index is 14.9. The summed E-state index contributed by atoms with van der Waals surface area (Å²) in [6.45, 7) is 1.44. The molecule has 0 aromatic carbocycles. The minimum absolute atomic E-state index is 0.0142. The van der Waals surface area contributed by atoms with Crippen LogP contribution in [0.4, 0.5) is 0 Å². The van der Waals surface area contributed by atoms with E-state index in [-0.39, 0.29) is 185 Å². The third kappa shape index (κ3) is 33.3. The van der Waals surface area contributed by atoms with Crippen LogP contribution in [0.3, 0.4) is 0 Å². The van der Waals surface area contributed by atoms with Crippen molar-refractivity contribution in [2.24, 2.45) is 105 Å². The van der Waals surface area contributed by atoms with Gasteiger partial charge in [0, 0.05) is 39.3 Å². The molecule has 41 heteroatoms. The second kappa shape index (κ2) is 46.6. The number of primary amides is 1. The Bertz CT molecular complexity index is 2820. The topological polar surface area (TPSA) is 746 Å². The number of guanidine groups is 5. The van der Waals surface area contributed by atoms with E-state index >= 15 is 0 Å². The first-order chi connectivity index (χ1) is 47.4. The van der Waals surface area contributed by atoms with E-state index in [1.165, 1.54) is 11.8 Å². The lowest BCUT2D eigenvalue weighted by Gasteiger charge is -2.34. The van der Waals surface area contributed by atoms with Gasteiger partial charge in [-0.15, -0.1) is 0 Å². The summed E-state index contributed by atoms with van der Waals surface area (Å²) in [6, 6.07) is -12.1. The van der Waals surface area contributed by atoms with Gasteiger partial charge in [-0.25, -0.2) is 0 Å². The quantitative estimate of drug-likeness (QED) is 0.0153. The van der Waals surface area contributed by atoms with Crippen LogP contribution in [0.15, 0.2) is 25.0 Å². The number of carbonyl (C=O) groups is 11. The van der Waals surface area contributed by atoms with E-state index in [2.05, 4.69) is 72.8 Å². The lowest BCUT2D eigenvalue weighted by molar-refractivity contribution is -0.142. The number of unbranched alkanes of at least 4 members (excludes halogenated alkanes) is 2. The monoisotopic (exact) mass is 1420 g/mol. The number of likely N-dealkylation sites (tertiary alicyclic amines) is 1. The molecule has 2 aliphatic rings. The molecule has 1 heterocycles. The molecule has 41 nitrogen and oxygen atoms in total. The lowest BCUT2D eigenvalue weighted by atomic mass is 9.94. The number of hydrogen-bond donors (Lipinski definition) is 24. The molecule has 2 rings (SSSR count). The second-order valence-corrected chi connectivity index (χ2v) is 24.6. The SMILES string of the molecule is C[C@@H](O)[C@H](N)C(=O)N1CCC[C@H]1C(=O)N[C@@H](CCCN=C(N)N)C(=O)NC1(C(=O)N[C@@H](CCCN=C(N)N)C(=O)N[C@@H](CCCN=C(N)N)C(=O)N[C@@H](CCCN=C(N)N)C(=O)N[C@@H](CCCCN)C(=O)N[C@@H](CCCCN)C(=O)N[C@@H](CCCN=C(N)N)C(=O)NCC(N)=O)CCCC1. The Balaban J connectivity index is 2.66. The van der Waals surface area contributed by atoms with E-state index in [1.807, 2.05) is 0 Å². The van der Waals surface area contributed by atoms with Crippen LogP contribution < -0.4 is 128 Å². The Labute approximate surface area is 581 Å². The Kier molecular flexibility index (Phi) is 40.3. The number of amides is 11. The van der Waals surface area contributed by atoms with E-state index in [4.69, 9.17) is 80.3 Å². The third-order valence-electron chi connectivity index (χ3n) is 16.4. The Morgan fingerprint density at radius 2 is 0.760 bits per heavy atom. The van der Waals surface area contributed by atoms with Crippen molar-refractivity contribution in [3.63, 3.8) is 0 Å². The first-order valence-electron chi connectivity index (χ1n) is 33.8. The molecule has 0 aromatic heterocycles. The second-order valence-electron chi connectivity index (χ2n) is 24.6. The molecule has 2 fully saturated rings. The van der Waals surface area contributed by atoms with Gasteiger partial charge in [0.2, 0.25) is 65.0 Å². The standard InChI is InChI=1S/C59H113N29O12/c1-33(89)43(63)52(99)88-31-13-21-41(88)51(98)85-40(20-12-30-78-58(72)73)50(97)87-59(22-4-5-23-59)53(100)86-39(19-11-29-77-57(70)71)49(96)84-38(18-10-28-76-56(68)69)48(95)83-37(17-9-27-75-55(66)67)47(94)82-36(15-3-7-25-61)46(93)81-35(14-2-6-24-60)45(92)80-34(16-8-26-74-54(64)65)44(91)79-32-42(62)90/h33-41,43,89H,2-32,60-61,63H2,1H3,(H2,62,90)(H,79,91)(H,80,92)(H,81,93)(H,82,94)(H,83,95)(H,84,96)(H,85,98)(H,86,100)(H,87,97)(H4,64,65,74)(H4,66,67,75)(H4,68,69,76)(H4,70,71,77)(H4,72,73,78)/t33-,34+,35+,36+,37+,38+,39+,40+,41+,43+/m1/s1. The summed E-state index contributed by atoms with van der Waals surface area (Å²) < 4.78 is 0. The molecule has 100 heavy (non-hydrogen) atoms. The van der Waals surface area contributed by atoms with Crippen molar-refractivity contribution in [2.75, 3.05) is 58.9 Å². The first kappa shape index (κ1) is 86.4. The molecule has 1 aliphatic heterocycles. The fourth-order valence-corrected chi connectivity index (χ4v) is 11.0. The van der Waals surface area contributed by atoms with Gasteiger partial charge in [0.05, 0.1) is 12.6 Å². The van der Waals surface area contributed by atoms with Crippen LogP contribution in [0.5, 0.6) is 0 Å². The van der Waals surface area contributed by atoms with Gasteiger partial charge in [-0.3, -0.25) is 77.7 Å². The van der Waals surface area contributed by atoms with Crippen LogP contribution in [0.1, 0.15) is 148 Å². The molecule has 1 saturated carbocycles. The van der Waals surface area contributed by atoms with Crippen molar-refractivity contribution in [3.05, 3.63) is 0 Å². The van der Waals surface area contributed by atoms with Crippen molar-refractivity contribution in [2.45, 2.75) is 214 Å². The van der Waals surface area contributed by atoms with Gasteiger partial charge in [0.25, 0.3) is 0 Å². The smallest absolute Gasteiger partial charge is 0.246 e. The summed E-state index contributed by atoms with van der Waals surface area (Å²) in [5.41, 5.74) is 76.9. The summed E-state index contributed by atoms with van der Waals surface area (Å²) in [7, 11) is 0. The summed E-state index contributed by atoms with van der Waals surface area (Å²) in [5.74, 6) is -10.2. The van der Waals surface area contributed by atoms with Gasteiger partial charge in [-0.2, -0.15) is 0 Å². The number of nitrogens with one attached hydrogen (secondary N) is 9. The fourth-order valence-electron chi connectivity index (χ4n) is 11.0. The zero-order valence-corrected chi connectivity index (χ0v) is 57.4. The van der Waals surface area contributed by atoms with Gasteiger partial charge in [0.1, 0.15) is 59.9 Å². The number of aliphatic hydroxyl groups is 1. The van der Waals surface area contributed by atoms with E-state index in [0.29, 0.717) is 38.5 Å². The van der Waals surface area contributed by atoms with Crippen molar-refractivity contribution in [3.8, 4) is 0 Å². The van der Waals surface area contributed by atoms with Crippen LogP contribution in [-0.4, -0.2) is 230 Å². The highest BCUT2D eigenvalue weighted by Gasteiger charge is 2.46. The number of carbonyl (C=O) groups excluding carboxylic acids is 11. The van der Waals surface area contributed by atoms with E-state index in [0.717, 1.165) is 0 Å². The number of aliphatic imine (C=N–C) groups is 5. The maximum atomic E-state index is 14.9. The predicted octanol–water partition coefficient (Wildman–Crippen LogP) is -10.4. The number of nitrogens with zero attached hydrogens (tertiary/aromatic N) is 6. The van der Waals surface area contributed by atoms with Gasteiger partial charge >= 0.3 is 0 Å². The molecule has 11 amide bonds. The number of rotatable bonds is 49. The first-order valence-corrected chi connectivity index (χ1v) is 33.8. The van der Waals surface area contributed by atoms with Gasteiger partial charge in [-0.1, -0.05) is 12.8 Å². The molecule has 1 aliphatic carbocycles. The molecule has 566 valence electrons. The molecule has 1 saturated heterocycles. The average molecular weight is 1420 g/mol.